The van der Waals surface area contributed by atoms with Crippen LogP contribution >= 0.6 is 34.7 Å². The van der Waals surface area contributed by atoms with Crippen LogP contribution in [0.25, 0.3) is 11.5 Å². The number of rotatable bonds is 9. The number of carbonyl (C=O) groups is 1. The lowest BCUT2D eigenvalue weighted by molar-refractivity contribution is -0.120. The van der Waals surface area contributed by atoms with Crippen LogP contribution in [0.3, 0.4) is 0 Å². The van der Waals surface area contributed by atoms with Gasteiger partial charge in [0.15, 0.2) is 5.76 Å². The van der Waals surface area contributed by atoms with Crippen molar-refractivity contribution in [3.8, 4) is 11.5 Å². The second-order valence-electron chi connectivity index (χ2n) is 6.81. The molecule has 0 unspecified atom stereocenters. The fourth-order valence-electron chi connectivity index (χ4n) is 2.90. The van der Waals surface area contributed by atoms with Crippen molar-refractivity contribution in [1.82, 2.24) is 20.1 Å². The van der Waals surface area contributed by atoms with Gasteiger partial charge in [0.1, 0.15) is 10.0 Å². The fourth-order valence-corrected chi connectivity index (χ4v) is 4.90. The van der Waals surface area contributed by atoms with Gasteiger partial charge in [0.05, 0.1) is 24.9 Å². The minimum atomic E-state index is -0.240. The minimum absolute atomic E-state index is 0.156. The van der Waals surface area contributed by atoms with E-state index in [0.29, 0.717) is 16.5 Å². The Kier molecular flexibility index (Phi) is 7.41. The molecule has 0 radical (unpaired) electrons. The summed E-state index contributed by atoms with van der Waals surface area (Å²) >= 11 is 9.14. The maximum Gasteiger partial charge on any atom is 0.266 e. The first kappa shape index (κ1) is 22.3. The Morgan fingerprint density at radius 1 is 1.22 bits per heavy atom. The summed E-state index contributed by atoms with van der Waals surface area (Å²) in [5.41, 5.74) is 2.16. The molecule has 4 aromatic rings. The van der Waals surface area contributed by atoms with Crippen LogP contribution in [0.5, 0.6) is 0 Å². The zero-order chi connectivity index (χ0) is 22.3. The van der Waals surface area contributed by atoms with Gasteiger partial charge in [0.25, 0.3) is 5.56 Å². The molecule has 0 spiro atoms. The Morgan fingerprint density at radius 3 is 2.94 bits per heavy atom. The lowest BCUT2D eigenvalue weighted by Gasteiger charge is -2.07. The van der Waals surface area contributed by atoms with Crippen LogP contribution in [-0.4, -0.2) is 27.2 Å². The van der Waals surface area contributed by atoms with E-state index in [4.69, 9.17) is 16.0 Å². The SMILES string of the molecule is O=C(Cc1csc(SCc2cccc(Cl)c2)n1)NCCn1nc(-c2ccco2)ccc1=O. The Labute approximate surface area is 197 Å². The molecule has 0 atom stereocenters. The molecule has 0 fully saturated rings. The molecule has 7 nitrogen and oxygen atoms in total. The van der Waals surface area contributed by atoms with Gasteiger partial charge in [-0.3, -0.25) is 9.59 Å². The Morgan fingerprint density at radius 2 is 2.12 bits per heavy atom. The van der Waals surface area contributed by atoms with Crippen molar-refractivity contribution in [2.75, 3.05) is 6.54 Å². The number of thioether (sulfide) groups is 1. The number of nitrogens with one attached hydrogen (secondary N) is 1. The molecule has 1 aromatic carbocycles. The van der Waals surface area contributed by atoms with E-state index in [0.717, 1.165) is 21.3 Å². The van der Waals surface area contributed by atoms with Crippen molar-refractivity contribution in [2.24, 2.45) is 0 Å². The molecule has 3 heterocycles. The number of carbonyl (C=O) groups excluding carboxylic acids is 1. The van der Waals surface area contributed by atoms with E-state index in [2.05, 4.69) is 15.4 Å². The van der Waals surface area contributed by atoms with Gasteiger partial charge in [0, 0.05) is 28.8 Å². The summed E-state index contributed by atoms with van der Waals surface area (Å²) in [5.74, 6) is 1.19. The molecule has 0 aliphatic rings. The minimum Gasteiger partial charge on any atom is -0.463 e. The normalized spacial score (nSPS) is 10.9. The van der Waals surface area contributed by atoms with Crippen molar-refractivity contribution in [2.45, 2.75) is 23.1 Å². The lowest BCUT2D eigenvalue weighted by atomic mass is 10.2. The predicted molar refractivity (Wildman–Crippen MR) is 126 cm³/mol. The molecule has 1 amide bonds. The third kappa shape index (κ3) is 6.09. The summed E-state index contributed by atoms with van der Waals surface area (Å²) in [6.07, 6.45) is 1.73. The zero-order valence-electron chi connectivity index (χ0n) is 16.9. The Bertz CT molecular complexity index is 1250. The van der Waals surface area contributed by atoms with Gasteiger partial charge in [-0.1, -0.05) is 35.5 Å². The summed E-state index contributed by atoms with van der Waals surface area (Å²) in [6, 6.07) is 14.3. The van der Waals surface area contributed by atoms with Crippen molar-refractivity contribution >= 4 is 40.6 Å². The monoisotopic (exact) mass is 486 g/mol. The van der Waals surface area contributed by atoms with E-state index < -0.39 is 0 Å². The van der Waals surface area contributed by atoms with Crippen LogP contribution < -0.4 is 10.9 Å². The van der Waals surface area contributed by atoms with Gasteiger partial charge in [0.2, 0.25) is 5.91 Å². The molecule has 3 aromatic heterocycles. The summed E-state index contributed by atoms with van der Waals surface area (Å²) in [7, 11) is 0. The molecule has 164 valence electrons. The molecule has 0 bridgehead atoms. The highest BCUT2D eigenvalue weighted by atomic mass is 35.5. The van der Waals surface area contributed by atoms with E-state index in [9.17, 15) is 9.59 Å². The molecule has 0 saturated carbocycles. The van der Waals surface area contributed by atoms with E-state index >= 15 is 0 Å². The zero-order valence-corrected chi connectivity index (χ0v) is 19.3. The van der Waals surface area contributed by atoms with Crippen LogP contribution in [0.1, 0.15) is 11.3 Å². The average molecular weight is 487 g/mol. The van der Waals surface area contributed by atoms with Crippen LogP contribution in [0.2, 0.25) is 5.02 Å². The number of benzene rings is 1. The fraction of sp³-hybridized carbons (Fsp3) is 0.182. The van der Waals surface area contributed by atoms with E-state index in [1.165, 1.54) is 22.1 Å². The van der Waals surface area contributed by atoms with E-state index in [1.807, 2.05) is 29.6 Å². The number of halogens is 1. The maximum absolute atomic E-state index is 12.3. The summed E-state index contributed by atoms with van der Waals surface area (Å²) in [6.45, 7) is 0.546. The molecule has 10 heteroatoms. The smallest absolute Gasteiger partial charge is 0.266 e. The number of furan rings is 1. The first-order valence-corrected chi connectivity index (χ1v) is 12.0. The first-order chi connectivity index (χ1) is 15.6. The molecule has 0 saturated heterocycles. The first-order valence-electron chi connectivity index (χ1n) is 9.77. The van der Waals surface area contributed by atoms with Crippen LogP contribution in [-0.2, 0) is 23.5 Å². The number of nitrogens with zero attached hydrogens (tertiary/aromatic N) is 3. The van der Waals surface area contributed by atoms with Gasteiger partial charge in [-0.25, -0.2) is 9.67 Å². The van der Waals surface area contributed by atoms with Gasteiger partial charge < -0.3 is 9.73 Å². The second kappa shape index (κ2) is 10.6. The Balaban J connectivity index is 1.25. The predicted octanol–water partition coefficient (Wildman–Crippen LogP) is 4.26. The number of aromatic nitrogens is 3. The number of hydrogen-bond acceptors (Lipinski definition) is 7. The highest BCUT2D eigenvalue weighted by molar-refractivity contribution is 8.00. The number of hydrogen-bond donors (Lipinski definition) is 1. The summed E-state index contributed by atoms with van der Waals surface area (Å²) < 4.78 is 7.52. The van der Waals surface area contributed by atoms with Gasteiger partial charge >= 0.3 is 0 Å². The van der Waals surface area contributed by atoms with Gasteiger partial charge in [-0.2, -0.15) is 5.10 Å². The van der Waals surface area contributed by atoms with Crippen LogP contribution in [0.4, 0.5) is 0 Å². The molecule has 1 N–H and O–H groups in total. The lowest BCUT2D eigenvalue weighted by Crippen LogP contribution is -2.32. The van der Waals surface area contributed by atoms with E-state index in [1.54, 1.807) is 36.2 Å². The molecule has 0 aliphatic heterocycles. The van der Waals surface area contributed by atoms with Crippen molar-refractivity contribution in [1.29, 1.82) is 0 Å². The highest BCUT2D eigenvalue weighted by Gasteiger charge is 2.10. The van der Waals surface area contributed by atoms with Crippen LogP contribution in [0, 0.1) is 0 Å². The van der Waals surface area contributed by atoms with Crippen molar-refractivity contribution < 1.29 is 9.21 Å². The third-order valence-electron chi connectivity index (χ3n) is 4.41. The van der Waals surface area contributed by atoms with Crippen molar-refractivity contribution in [3.63, 3.8) is 0 Å². The highest BCUT2D eigenvalue weighted by Crippen LogP contribution is 2.27. The van der Waals surface area contributed by atoms with Gasteiger partial charge in [-0.05, 0) is 35.9 Å². The average Bonchev–Trinajstić information content (AvgIpc) is 3.46. The van der Waals surface area contributed by atoms with Crippen LogP contribution in [0.15, 0.2) is 73.7 Å². The third-order valence-corrected chi connectivity index (χ3v) is 6.79. The molecule has 32 heavy (non-hydrogen) atoms. The summed E-state index contributed by atoms with van der Waals surface area (Å²) in [5, 5.41) is 9.70. The van der Waals surface area contributed by atoms with E-state index in [-0.39, 0.29) is 31.0 Å². The summed E-state index contributed by atoms with van der Waals surface area (Å²) in [4.78, 5) is 28.8. The molecule has 0 aliphatic carbocycles. The number of amides is 1. The molecular formula is C22H19ClN4O3S2. The Hall–Kier alpha value is -2.88. The van der Waals surface area contributed by atoms with Crippen molar-refractivity contribution in [3.05, 3.63) is 86.8 Å². The largest absolute Gasteiger partial charge is 0.463 e. The standard InChI is InChI=1S/C22H19ClN4O3S2/c23-16-4-1-3-15(11-16)13-31-22-25-17(14-32-22)12-20(28)24-8-9-27-21(29)7-6-18(26-27)19-5-2-10-30-19/h1-7,10-11,14H,8-9,12-13H2,(H,24,28). The number of thiazole rings is 1. The maximum atomic E-state index is 12.3. The second-order valence-corrected chi connectivity index (χ2v) is 9.32. The topological polar surface area (TPSA) is 90.0 Å². The molecular weight excluding hydrogens is 468 g/mol. The van der Waals surface area contributed by atoms with Gasteiger partial charge in [-0.15, -0.1) is 11.3 Å². The quantitative estimate of drug-likeness (QED) is 0.355. The molecule has 4 rings (SSSR count).